The first-order chi connectivity index (χ1) is 13.2. The van der Waals surface area contributed by atoms with Gasteiger partial charge in [-0.25, -0.2) is 9.97 Å². The lowest BCUT2D eigenvalue weighted by Crippen LogP contribution is -2.07. The zero-order chi connectivity index (χ0) is 19.1. The second-order valence-electron chi connectivity index (χ2n) is 5.99. The van der Waals surface area contributed by atoms with E-state index in [-0.39, 0.29) is 5.78 Å². The number of ether oxygens (including phenoxy) is 1. The molecule has 1 N–H and O–H groups in total. The highest BCUT2D eigenvalue weighted by Crippen LogP contribution is 2.20. The average molecular weight is 362 g/mol. The van der Waals surface area contributed by atoms with Gasteiger partial charge in [-0.2, -0.15) is 0 Å². The lowest BCUT2D eigenvalue weighted by atomic mass is 10.1. The zero-order valence-corrected chi connectivity index (χ0v) is 15.5. The van der Waals surface area contributed by atoms with E-state index in [1.165, 1.54) is 6.33 Å². The minimum atomic E-state index is 0.0305. The first kappa shape index (κ1) is 18.5. The van der Waals surface area contributed by atoms with E-state index in [9.17, 15) is 4.79 Å². The number of anilines is 1. The molecule has 0 radical (unpaired) electrons. The highest BCUT2D eigenvalue weighted by Gasteiger charge is 2.07. The summed E-state index contributed by atoms with van der Waals surface area (Å²) in [7, 11) is 1.68. The van der Waals surface area contributed by atoms with E-state index in [1.807, 2.05) is 37.3 Å². The summed E-state index contributed by atoms with van der Waals surface area (Å²) in [5.41, 5.74) is 3.22. The molecule has 0 amide bonds. The Hall–Kier alpha value is -3.28. The van der Waals surface area contributed by atoms with Crippen LogP contribution >= 0.6 is 0 Å². The number of carbonyl (C=O) groups excluding carboxylic acids is 1. The number of methoxy groups -OCH3 is 1. The highest BCUT2D eigenvalue weighted by molar-refractivity contribution is 5.94. The van der Waals surface area contributed by atoms with Crippen LogP contribution in [0.4, 0.5) is 5.82 Å². The van der Waals surface area contributed by atoms with Crippen molar-refractivity contribution in [1.29, 1.82) is 0 Å². The molecule has 0 atom stereocenters. The fraction of sp³-hybridized carbons (Fsp3) is 0.238. The van der Waals surface area contributed by atoms with Crippen LogP contribution in [0.15, 0.2) is 55.0 Å². The van der Waals surface area contributed by atoms with Crippen LogP contribution in [0, 0.1) is 0 Å². The smallest absolute Gasteiger partial charge is 0.180 e. The predicted octanol–water partition coefficient (Wildman–Crippen LogP) is 3.79. The largest absolute Gasteiger partial charge is 0.496 e. The molecule has 27 heavy (non-hydrogen) atoms. The number of rotatable bonds is 8. The Morgan fingerprint density at radius 3 is 2.70 bits per heavy atom. The Morgan fingerprint density at radius 1 is 1.11 bits per heavy atom. The second-order valence-corrected chi connectivity index (χ2v) is 5.99. The van der Waals surface area contributed by atoms with Crippen LogP contribution in [0.1, 0.15) is 29.4 Å². The maximum atomic E-state index is 11.7. The van der Waals surface area contributed by atoms with Crippen molar-refractivity contribution in [3.63, 3.8) is 0 Å². The summed E-state index contributed by atoms with van der Waals surface area (Å²) in [5, 5.41) is 3.31. The fourth-order valence-corrected chi connectivity index (χ4v) is 2.74. The van der Waals surface area contributed by atoms with Crippen LogP contribution in [-0.2, 0) is 6.42 Å². The maximum Gasteiger partial charge on any atom is 0.180 e. The quantitative estimate of drug-likeness (QED) is 0.614. The van der Waals surface area contributed by atoms with Crippen LogP contribution in [0.25, 0.3) is 11.3 Å². The van der Waals surface area contributed by atoms with Gasteiger partial charge in [0.15, 0.2) is 5.78 Å². The molecule has 0 bridgehead atoms. The number of nitrogens with one attached hydrogen (secondary N) is 1. The van der Waals surface area contributed by atoms with Gasteiger partial charge in [0, 0.05) is 30.8 Å². The second kappa shape index (κ2) is 8.89. The van der Waals surface area contributed by atoms with Gasteiger partial charge in [0.2, 0.25) is 0 Å². The van der Waals surface area contributed by atoms with Crippen molar-refractivity contribution in [3.05, 3.63) is 66.2 Å². The van der Waals surface area contributed by atoms with E-state index in [4.69, 9.17) is 4.74 Å². The van der Waals surface area contributed by atoms with Crippen LogP contribution in [-0.4, -0.2) is 34.4 Å². The van der Waals surface area contributed by atoms with Gasteiger partial charge in [-0.3, -0.25) is 9.78 Å². The Bertz CT molecular complexity index is 910. The third kappa shape index (κ3) is 4.67. The number of pyridine rings is 1. The number of carbonyl (C=O) groups is 1. The number of Topliss-reactive ketones (excluding diaryl/α,β-unsaturated/α-hetero) is 1. The normalized spacial score (nSPS) is 10.4. The molecule has 0 spiro atoms. The summed E-state index contributed by atoms with van der Waals surface area (Å²) in [6.07, 6.45) is 4.45. The molecule has 0 fully saturated rings. The Morgan fingerprint density at radius 2 is 1.96 bits per heavy atom. The lowest BCUT2D eigenvalue weighted by Gasteiger charge is -2.10. The van der Waals surface area contributed by atoms with E-state index in [1.54, 1.807) is 19.4 Å². The monoisotopic (exact) mass is 362 g/mol. The summed E-state index contributed by atoms with van der Waals surface area (Å²) in [5.74, 6) is 1.65. The van der Waals surface area contributed by atoms with E-state index in [2.05, 4.69) is 26.3 Å². The Balaban J connectivity index is 1.66. The van der Waals surface area contributed by atoms with Crippen molar-refractivity contribution in [3.8, 4) is 17.0 Å². The number of hydrogen-bond acceptors (Lipinski definition) is 6. The fourth-order valence-electron chi connectivity index (χ4n) is 2.74. The molecule has 0 aliphatic rings. The number of para-hydroxylation sites is 1. The molecule has 0 saturated carbocycles. The third-order valence-corrected chi connectivity index (χ3v) is 4.23. The molecule has 6 heteroatoms. The molecule has 0 saturated heterocycles. The molecule has 6 nitrogen and oxygen atoms in total. The van der Waals surface area contributed by atoms with Crippen molar-refractivity contribution in [2.24, 2.45) is 0 Å². The van der Waals surface area contributed by atoms with Crippen molar-refractivity contribution < 1.29 is 9.53 Å². The Kier molecular flexibility index (Phi) is 6.10. The number of ketones is 1. The van der Waals surface area contributed by atoms with Crippen LogP contribution in [0.3, 0.4) is 0 Å². The first-order valence-corrected chi connectivity index (χ1v) is 8.88. The summed E-state index contributed by atoms with van der Waals surface area (Å²) in [6.45, 7) is 2.55. The number of benzene rings is 1. The lowest BCUT2D eigenvalue weighted by molar-refractivity contribution is 0.0983. The molecular formula is C21H22N4O2. The topological polar surface area (TPSA) is 77.0 Å². The molecule has 2 aromatic heterocycles. The molecule has 0 aliphatic carbocycles. The first-order valence-electron chi connectivity index (χ1n) is 8.88. The third-order valence-electron chi connectivity index (χ3n) is 4.23. The van der Waals surface area contributed by atoms with Gasteiger partial charge in [0.1, 0.15) is 23.6 Å². The van der Waals surface area contributed by atoms with Crippen molar-refractivity contribution in [2.45, 2.75) is 19.8 Å². The van der Waals surface area contributed by atoms with Crippen molar-refractivity contribution in [1.82, 2.24) is 15.0 Å². The molecular weight excluding hydrogens is 340 g/mol. The molecule has 0 unspecified atom stereocenters. The van der Waals surface area contributed by atoms with Crippen LogP contribution in [0.5, 0.6) is 5.75 Å². The van der Waals surface area contributed by atoms with E-state index in [0.717, 1.165) is 41.4 Å². The summed E-state index contributed by atoms with van der Waals surface area (Å²) in [4.78, 5) is 24.5. The van der Waals surface area contributed by atoms with Gasteiger partial charge in [-0.15, -0.1) is 0 Å². The number of aromatic nitrogens is 3. The minimum Gasteiger partial charge on any atom is -0.496 e. The van der Waals surface area contributed by atoms with Gasteiger partial charge in [-0.1, -0.05) is 25.1 Å². The molecule has 1 aromatic carbocycles. The molecule has 3 rings (SSSR count). The molecule has 2 heterocycles. The van der Waals surface area contributed by atoms with E-state index >= 15 is 0 Å². The van der Waals surface area contributed by atoms with Crippen molar-refractivity contribution >= 4 is 11.6 Å². The number of nitrogens with zero attached hydrogens (tertiary/aromatic N) is 3. The standard InChI is InChI=1S/C21H22N4O2/c1-3-19(26)17-9-8-16(13-23-17)18-12-21(25-14-24-18)22-11-10-15-6-4-5-7-20(15)27-2/h4-9,12-14H,3,10-11H2,1-2H3,(H,22,24,25). The minimum absolute atomic E-state index is 0.0305. The molecule has 0 aliphatic heterocycles. The SMILES string of the molecule is CCC(=O)c1ccc(-c2cc(NCCc3ccccc3OC)ncn2)cn1. The van der Waals surface area contributed by atoms with Gasteiger partial charge in [0.05, 0.1) is 12.8 Å². The average Bonchev–Trinajstić information content (AvgIpc) is 2.74. The Labute approximate surface area is 158 Å². The van der Waals surface area contributed by atoms with Crippen molar-refractivity contribution in [2.75, 3.05) is 19.0 Å². The maximum absolute atomic E-state index is 11.7. The van der Waals surface area contributed by atoms with Gasteiger partial charge in [0.25, 0.3) is 0 Å². The summed E-state index contributed by atoms with van der Waals surface area (Å²) < 4.78 is 5.38. The highest BCUT2D eigenvalue weighted by atomic mass is 16.5. The van der Waals surface area contributed by atoms with Gasteiger partial charge >= 0.3 is 0 Å². The summed E-state index contributed by atoms with van der Waals surface area (Å²) >= 11 is 0. The zero-order valence-electron chi connectivity index (χ0n) is 15.5. The molecule has 3 aromatic rings. The summed E-state index contributed by atoms with van der Waals surface area (Å²) in [6, 6.07) is 13.4. The number of hydrogen-bond donors (Lipinski definition) is 1. The predicted molar refractivity (Wildman–Crippen MR) is 105 cm³/mol. The van der Waals surface area contributed by atoms with Crippen LogP contribution < -0.4 is 10.1 Å². The van der Waals surface area contributed by atoms with E-state index < -0.39 is 0 Å². The van der Waals surface area contributed by atoms with Gasteiger partial charge in [-0.05, 0) is 30.2 Å². The van der Waals surface area contributed by atoms with Gasteiger partial charge < -0.3 is 10.1 Å². The van der Waals surface area contributed by atoms with Crippen LogP contribution in [0.2, 0.25) is 0 Å². The molecule has 138 valence electrons. The van der Waals surface area contributed by atoms with E-state index in [0.29, 0.717) is 12.1 Å².